The highest BCUT2D eigenvalue weighted by Gasteiger charge is 2.34. The van der Waals surface area contributed by atoms with E-state index < -0.39 is 18.6 Å². The first-order valence-electron chi connectivity index (χ1n) is 5.53. The second-order valence-electron chi connectivity index (χ2n) is 4.60. The minimum Gasteiger partial charge on any atom is -0.399 e. The van der Waals surface area contributed by atoms with Crippen LogP contribution in [0, 0.1) is 0 Å². The van der Waals surface area contributed by atoms with Gasteiger partial charge in [-0.1, -0.05) is 6.07 Å². The first kappa shape index (κ1) is 12.2. The van der Waals surface area contributed by atoms with Gasteiger partial charge in [-0.15, -0.1) is 0 Å². The third-order valence-corrected chi connectivity index (χ3v) is 3.13. The molecule has 0 spiro atoms. The van der Waals surface area contributed by atoms with Crippen LogP contribution in [0.4, 0.5) is 18.9 Å². The summed E-state index contributed by atoms with van der Waals surface area (Å²) in [4.78, 5) is 1.83. The Bertz CT molecular complexity index is 415. The number of hydrogen-bond acceptors (Lipinski definition) is 2. The number of hydrogen-bond donors (Lipinski definition) is 1. The van der Waals surface area contributed by atoms with E-state index in [4.69, 9.17) is 5.73 Å². The van der Waals surface area contributed by atoms with Crippen LogP contribution in [0.1, 0.15) is 24.5 Å². The maximum Gasteiger partial charge on any atom is 0.390 e. The molecule has 2 nitrogen and oxygen atoms in total. The van der Waals surface area contributed by atoms with Gasteiger partial charge in [0, 0.05) is 24.8 Å². The van der Waals surface area contributed by atoms with Crippen LogP contribution in [-0.2, 0) is 13.1 Å². The van der Waals surface area contributed by atoms with E-state index in [0.717, 1.165) is 11.1 Å². The fourth-order valence-corrected chi connectivity index (χ4v) is 2.22. The summed E-state index contributed by atoms with van der Waals surface area (Å²) in [5.74, 6) is 0. The number of alkyl halides is 3. The van der Waals surface area contributed by atoms with E-state index in [-0.39, 0.29) is 0 Å². The summed E-state index contributed by atoms with van der Waals surface area (Å²) in [6.07, 6.45) is -4.87. The molecule has 2 N–H and O–H groups in total. The lowest BCUT2D eigenvalue weighted by Gasteiger charge is -2.24. The molecule has 0 amide bonds. The number of nitrogen functional groups attached to an aromatic ring is 1. The van der Waals surface area contributed by atoms with E-state index in [1.807, 2.05) is 17.0 Å². The van der Waals surface area contributed by atoms with E-state index in [9.17, 15) is 13.2 Å². The summed E-state index contributed by atoms with van der Waals surface area (Å²) < 4.78 is 36.9. The predicted octanol–water partition coefficient (Wildman–Crippen LogP) is 2.93. The van der Waals surface area contributed by atoms with Gasteiger partial charge < -0.3 is 5.73 Å². The van der Waals surface area contributed by atoms with Crippen LogP contribution in [0.15, 0.2) is 18.2 Å². The third-order valence-electron chi connectivity index (χ3n) is 3.13. The molecule has 0 saturated heterocycles. The Morgan fingerprint density at radius 3 is 2.59 bits per heavy atom. The number of fused-ring (bicyclic) bond motifs is 1. The first-order valence-corrected chi connectivity index (χ1v) is 5.53. The zero-order chi connectivity index (χ0) is 12.6. The molecular formula is C12H15F3N2. The molecule has 1 heterocycles. The molecule has 0 aromatic heterocycles. The Morgan fingerprint density at radius 2 is 1.94 bits per heavy atom. The molecule has 0 fully saturated rings. The summed E-state index contributed by atoms with van der Waals surface area (Å²) in [6.45, 7) is 2.74. The SMILES string of the molecule is CC(CC(F)(F)F)N1Cc2ccc(N)cc2C1. The number of benzene rings is 1. The van der Waals surface area contributed by atoms with Crippen LogP contribution in [0.5, 0.6) is 0 Å². The van der Waals surface area contributed by atoms with E-state index in [1.54, 1.807) is 13.0 Å². The van der Waals surface area contributed by atoms with E-state index in [1.165, 1.54) is 0 Å². The topological polar surface area (TPSA) is 29.3 Å². The van der Waals surface area contributed by atoms with Gasteiger partial charge in [-0.25, -0.2) is 0 Å². The quantitative estimate of drug-likeness (QED) is 0.810. The van der Waals surface area contributed by atoms with Crippen LogP contribution in [-0.4, -0.2) is 17.1 Å². The zero-order valence-electron chi connectivity index (χ0n) is 9.59. The summed E-state index contributed by atoms with van der Waals surface area (Å²) in [5.41, 5.74) is 8.43. The Morgan fingerprint density at radius 1 is 1.29 bits per heavy atom. The Kier molecular flexibility index (Phi) is 3.03. The van der Waals surface area contributed by atoms with Gasteiger partial charge in [0.1, 0.15) is 0 Å². The molecule has 94 valence electrons. The first-order chi connectivity index (χ1) is 7.85. The van der Waals surface area contributed by atoms with E-state index in [2.05, 4.69) is 0 Å². The zero-order valence-corrected chi connectivity index (χ0v) is 9.59. The van der Waals surface area contributed by atoms with Crippen molar-refractivity contribution < 1.29 is 13.2 Å². The lowest BCUT2D eigenvalue weighted by molar-refractivity contribution is -0.146. The lowest BCUT2D eigenvalue weighted by Crippen LogP contribution is -2.32. The van der Waals surface area contributed by atoms with E-state index in [0.29, 0.717) is 18.8 Å². The molecule has 0 aliphatic carbocycles. The third kappa shape index (κ3) is 2.91. The Balaban J connectivity index is 2.05. The maximum atomic E-state index is 12.3. The van der Waals surface area contributed by atoms with Crippen molar-refractivity contribution >= 4 is 5.69 Å². The van der Waals surface area contributed by atoms with Gasteiger partial charge in [-0.3, -0.25) is 4.90 Å². The summed E-state index contributed by atoms with van der Waals surface area (Å²) >= 11 is 0. The molecule has 0 bridgehead atoms. The molecule has 0 radical (unpaired) electrons. The van der Waals surface area contributed by atoms with Crippen molar-refractivity contribution in [2.24, 2.45) is 0 Å². The molecule has 1 unspecified atom stereocenters. The van der Waals surface area contributed by atoms with Crippen LogP contribution in [0.25, 0.3) is 0 Å². The lowest BCUT2D eigenvalue weighted by atomic mass is 10.1. The number of halogens is 3. The fraction of sp³-hybridized carbons (Fsp3) is 0.500. The molecule has 1 aliphatic rings. The minimum absolute atomic E-state index is 0.497. The Hall–Kier alpha value is -1.23. The average Bonchev–Trinajstić information content (AvgIpc) is 2.57. The summed E-state index contributed by atoms with van der Waals surface area (Å²) in [6, 6.07) is 5.03. The van der Waals surface area contributed by atoms with E-state index >= 15 is 0 Å². The highest BCUT2D eigenvalue weighted by atomic mass is 19.4. The van der Waals surface area contributed by atoms with Crippen molar-refractivity contribution in [3.8, 4) is 0 Å². The Labute approximate surface area is 98.2 Å². The van der Waals surface area contributed by atoms with Crippen molar-refractivity contribution in [2.45, 2.75) is 38.7 Å². The standard InChI is InChI=1S/C12H15F3N2/c1-8(5-12(13,14)15)17-6-9-2-3-11(16)4-10(9)7-17/h2-4,8H,5-7,16H2,1H3. The molecule has 1 aromatic rings. The molecular weight excluding hydrogens is 229 g/mol. The van der Waals surface area contributed by atoms with Gasteiger partial charge in [0.15, 0.2) is 0 Å². The van der Waals surface area contributed by atoms with Crippen molar-refractivity contribution in [1.82, 2.24) is 4.90 Å². The second-order valence-corrected chi connectivity index (χ2v) is 4.60. The minimum atomic E-state index is -4.10. The van der Waals surface area contributed by atoms with Gasteiger partial charge in [-0.05, 0) is 30.2 Å². The van der Waals surface area contributed by atoms with Gasteiger partial charge >= 0.3 is 6.18 Å². The normalized spacial score (nSPS) is 18.1. The molecule has 1 atom stereocenters. The van der Waals surface area contributed by atoms with Crippen molar-refractivity contribution in [3.63, 3.8) is 0 Å². The summed E-state index contributed by atoms with van der Waals surface area (Å²) in [5, 5.41) is 0. The monoisotopic (exact) mass is 244 g/mol. The van der Waals surface area contributed by atoms with Crippen molar-refractivity contribution in [2.75, 3.05) is 5.73 Å². The molecule has 5 heteroatoms. The smallest absolute Gasteiger partial charge is 0.390 e. The van der Waals surface area contributed by atoms with Gasteiger partial charge in [0.2, 0.25) is 0 Å². The average molecular weight is 244 g/mol. The molecule has 1 aromatic carbocycles. The van der Waals surface area contributed by atoms with Gasteiger partial charge in [0.05, 0.1) is 6.42 Å². The second kappa shape index (κ2) is 4.22. The van der Waals surface area contributed by atoms with Crippen LogP contribution in [0.3, 0.4) is 0 Å². The molecule has 2 rings (SSSR count). The largest absolute Gasteiger partial charge is 0.399 e. The van der Waals surface area contributed by atoms with Gasteiger partial charge in [-0.2, -0.15) is 13.2 Å². The predicted molar refractivity (Wildman–Crippen MR) is 60.2 cm³/mol. The van der Waals surface area contributed by atoms with Crippen LogP contribution < -0.4 is 5.73 Å². The molecule has 0 saturated carbocycles. The number of nitrogens with zero attached hydrogens (tertiary/aromatic N) is 1. The maximum absolute atomic E-state index is 12.3. The van der Waals surface area contributed by atoms with Gasteiger partial charge in [0.25, 0.3) is 0 Å². The highest BCUT2D eigenvalue weighted by Crippen LogP contribution is 2.30. The van der Waals surface area contributed by atoms with Crippen molar-refractivity contribution in [1.29, 1.82) is 0 Å². The van der Waals surface area contributed by atoms with Crippen molar-refractivity contribution in [3.05, 3.63) is 29.3 Å². The number of rotatable bonds is 2. The number of anilines is 1. The number of nitrogens with two attached hydrogens (primary N) is 1. The summed E-state index contributed by atoms with van der Waals surface area (Å²) in [7, 11) is 0. The molecule has 1 aliphatic heterocycles. The van der Waals surface area contributed by atoms with Crippen LogP contribution >= 0.6 is 0 Å². The highest BCUT2D eigenvalue weighted by molar-refractivity contribution is 5.46. The fourth-order valence-electron chi connectivity index (χ4n) is 2.22. The molecule has 17 heavy (non-hydrogen) atoms. The van der Waals surface area contributed by atoms with Crippen LogP contribution in [0.2, 0.25) is 0 Å².